The summed E-state index contributed by atoms with van der Waals surface area (Å²) < 4.78 is 0. The Hall–Kier alpha value is -2.18. The van der Waals surface area contributed by atoms with Crippen molar-refractivity contribution in [3.63, 3.8) is 0 Å². The van der Waals surface area contributed by atoms with Gasteiger partial charge in [-0.05, 0) is 31.9 Å². The van der Waals surface area contributed by atoms with E-state index in [1.807, 2.05) is 26.0 Å². The second kappa shape index (κ2) is 7.21. The standard InChI is InChI=1S/C20H26N2O4/c1-3-7-20(12-23)11-22(8-6-17(20)24)19(26)15-10-18(25)21-16-5-4-13(2)9-14(15)16/h4-5,9-10,17,23-24H,3,6-8,11-12H2,1-2H3,(H,21,25)/t17-,20-/m1/s1. The van der Waals surface area contributed by atoms with Gasteiger partial charge in [0.05, 0.1) is 18.3 Å². The fourth-order valence-corrected chi connectivity index (χ4v) is 4.02. The number of aliphatic hydroxyl groups is 2. The summed E-state index contributed by atoms with van der Waals surface area (Å²) in [5.41, 5.74) is 0.986. The molecule has 1 aliphatic heterocycles. The molecule has 3 N–H and O–H groups in total. The van der Waals surface area contributed by atoms with Crippen molar-refractivity contribution in [1.82, 2.24) is 9.88 Å². The number of hydrogen-bond donors (Lipinski definition) is 3. The van der Waals surface area contributed by atoms with E-state index in [0.29, 0.717) is 35.9 Å². The Balaban J connectivity index is 2.00. The smallest absolute Gasteiger partial charge is 0.254 e. The number of amides is 1. The Bertz CT molecular complexity index is 876. The number of pyridine rings is 1. The van der Waals surface area contributed by atoms with Crippen LogP contribution in [0.4, 0.5) is 0 Å². The van der Waals surface area contributed by atoms with Crippen LogP contribution in [0.2, 0.25) is 0 Å². The first kappa shape index (κ1) is 18.6. The molecule has 6 heteroatoms. The van der Waals surface area contributed by atoms with Crippen LogP contribution in [-0.2, 0) is 0 Å². The Morgan fingerprint density at radius 1 is 1.38 bits per heavy atom. The van der Waals surface area contributed by atoms with Crippen LogP contribution in [0.3, 0.4) is 0 Å². The van der Waals surface area contributed by atoms with E-state index in [1.165, 1.54) is 6.07 Å². The fourth-order valence-electron chi connectivity index (χ4n) is 4.02. The molecule has 140 valence electrons. The largest absolute Gasteiger partial charge is 0.396 e. The van der Waals surface area contributed by atoms with E-state index in [1.54, 1.807) is 11.0 Å². The molecule has 1 saturated heterocycles. The van der Waals surface area contributed by atoms with Gasteiger partial charge in [-0.2, -0.15) is 0 Å². The highest BCUT2D eigenvalue weighted by Gasteiger charge is 2.43. The molecule has 2 aromatic rings. The number of benzene rings is 1. The minimum absolute atomic E-state index is 0.166. The van der Waals surface area contributed by atoms with E-state index in [4.69, 9.17) is 0 Å². The normalized spacial score (nSPS) is 23.4. The zero-order chi connectivity index (χ0) is 18.9. The second-order valence-electron chi connectivity index (χ2n) is 7.40. The van der Waals surface area contributed by atoms with Gasteiger partial charge >= 0.3 is 0 Å². The molecule has 0 bridgehead atoms. The van der Waals surface area contributed by atoms with E-state index < -0.39 is 11.5 Å². The van der Waals surface area contributed by atoms with Crippen molar-refractivity contribution in [3.8, 4) is 0 Å². The molecule has 1 aromatic heterocycles. The maximum absolute atomic E-state index is 13.2. The summed E-state index contributed by atoms with van der Waals surface area (Å²) in [4.78, 5) is 29.6. The predicted octanol–water partition coefficient (Wildman–Crippen LogP) is 1.82. The van der Waals surface area contributed by atoms with Gasteiger partial charge in [0, 0.05) is 35.5 Å². The lowest BCUT2D eigenvalue weighted by molar-refractivity contribution is -0.0719. The van der Waals surface area contributed by atoms with Crippen molar-refractivity contribution in [1.29, 1.82) is 0 Å². The first-order valence-corrected chi connectivity index (χ1v) is 9.12. The van der Waals surface area contributed by atoms with Crippen molar-refractivity contribution in [3.05, 3.63) is 45.7 Å². The molecule has 26 heavy (non-hydrogen) atoms. The molecular formula is C20H26N2O4. The third-order valence-corrected chi connectivity index (χ3v) is 5.46. The Morgan fingerprint density at radius 3 is 2.85 bits per heavy atom. The predicted molar refractivity (Wildman–Crippen MR) is 100 cm³/mol. The monoisotopic (exact) mass is 358 g/mol. The van der Waals surface area contributed by atoms with Gasteiger partial charge in [-0.25, -0.2) is 0 Å². The molecule has 2 heterocycles. The molecule has 2 atom stereocenters. The van der Waals surface area contributed by atoms with E-state index in [0.717, 1.165) is 12.0 Å². The first-order valence-electron chi connectivity index (χ1n) is 9.12. The van der Waals surface area contributed by atoms with Crippen LogP contribution in [-0.4, -0.2) is 51.8 Å². The van der Waals surface area contributed by atoms with Crippen LogP contribution in [0.15, 0.2) is 29.1 Å². The second-order valence-corrected chi connectivity index (χ2v) is 7.40. The molecule has 0 spiro atoms. The Labute approximate surface area is 152 Å². The van der Waals surface area contributed by atoms with Crippen LogP contribution in [0, 0.1) is 12.3 Å². The number of aromatic amines is 1. The highest BCUT2D eigenvalue weighted by molar-refractivity contribution is 6.06. The molecule has 1 fully saturated rings. The van der Waals surface area contributed by atoms with Crippen LogP contribution < -0.4 is 5.56 Å². The summed E-state index contributed by atoms with van der Waals surface area (Å²) in [5.74, 6) is -0.229. The van der Waals surface area contributed by atoms with Crippen LogP contribution in [0.5, 0.6) is 0 Å². The van der Waals surface area contributed by atoms with Crippen LogP contribution >= 0.6 is 0 Å². The molecule has 0 radical (unpaired) electrons. The van der Waals surface area contributed by atoms with Crippen LogP contribution in [0.1, 0.15) is 42.1 Å². The van der Waals surface area contributed by atoms with Crippen molar-refractivity contribution in [2.24, 2.45) is 5.41 Å². The molecule has 3 rings (SSSR count). The maximum Gasteiger partial charge on any atom is 0.254 e. The van der Waals surface area contributed by atoms with Crippen molar-refractivity contribution >= 4 is 16.8 Å². The van der Waals surface area contributed by atoms with Crippen molar-refractivity contribution in [2.75, 3.05) is 19.7 Å². The van der Waals surface area contributed by atoms with Gasteiger partial charge in [-0.15, -0.1) is 0 Å². The lowest BCUT2D eigenvalue weighted by atomic mass is 9.74. The Morgan fingerprint density at radius 2 is 2.15 bits per heavy atom. The third-order valence-electron chi connectivity index (χ3n) is 5.46. The summed E-state index contributed by atoms with van der Waals surface area (Å²) in [7, 11) is 0. The number of nitrogens with zero attached hydrogens (tertiary/aromatic N) is 1. The van der Waals surface area contributed by atoms with Crippen LogP contribution in [0.25, 0.3) is 10.9 Å². The van der Waals surface area contributed by atoms with Crippen molar-refractivity contribution in [2.45, 2.75) is 39.2 Å². The van der Waals surface area contributed by atoms with Gasteiger partial charge < -0.3 is 20.1 Å². The lowest BCUT2D eigenvalue weighted by Crippen LogP contribution is -2.55. The number of rotatable bonds is 4. The maximum atomic E-state index is 13.2. The zero-order valence-corrected chi connectivity index (χ0v) is 15.3. The highest BCUT2D eigenvalue weighted by Crippen LogP contribution is 2.35. The number of aryl methyl sites for hydroxylation is 1. The number of nitrogens with one attached hydrogen (secondary N) is 1. The van der Waals surface area contributed by atoms with Gasteiger partial charge in [-0.3, -0.25) is 9.59 Å². The van der Waals surface area contributed by atoms with Gasteiger partial charge in [0.2, 0.25) is 5.56 Å². The lowest BCUT2D eigenvalue weighted by Gasteiger charge is -2.45. The van der Waals surface area contributed by atoms with Crippen molar-refractivity contribution < 1.29 is 15.0 Å². The highest BCUT2D eigenvalue weighted by atomic mass is 16.3. The topological polar surface area (TPSA) is 93.6 Å². The summed E-state index contributed by atoms with van der Waals surface area (Å²) in [6.07, 6.45) is 1.25. The number of piperidine rings is 1. The number of aliphatic hydroxyl groups excluding tert-OH is 2. The number of H-pyrrole nitrogens is 1. The molecule has 1 aromatic carbocycles. The molecule has 0 unspecified atom stereocenters. The van der Waals surface area contributed by atoms with E-state index in [-0.39, 0.29) is 24.6 Å². The number of aromatic nitrogens is 1. The first-order chi connectivity index (χ1) is 12.4. The summed E-state index contributed by atoms with van der Waals surface area (Å²) in [6, 6.07) is 6.93. The number of fused-ring (bicyclic) bond motifs is 1. The summed E-state index contributed by atoms with van der Waals surface area (Å²) in [6.45, 7) is 4.47. The number of carbonyl (C=O) groups excluding carboxylic acids is 1. The van der Waals surface area contributed by atoms with Gasteiger partial charge in [-0.1, -0.05) is 25.0 Å². The zero-order valence-electron chi connectivity index (χ0n) is 15.3. The fraction of sp³-hybridized carbons (Fsp3) is 0.500. The molecule has 1 aliphatic rings. The number of likely N-dealkylation sites (tertiary alicyclic amines) is 1. The van der Waals surface area contributed by atoms with E-state index >= 15 is 0 Å². The van der Waals surface area contributed by atoms with Gasteiger partial charge in [0.1, 0.15) is 0 Å². The quantitative estimate of drug-likeness (QED) is 0.777. The van der Waals surface area contributed by atoms with Gasteiger partial charge in [0.15, 0.2) is 0 Å². The minimum atomic E-state index is -0.699. The molecule has 0 aliphatic carbocycles. The molecule has 6 nitrogen and oxygen atoms in total. The van der Waals surface area contributed by atoms with E-state index in [2.05, 4.69) is 4.98 Å². The molecule has 0 saturated carbocycles. The number of carbonyl (C=O) groups is 1. The molecule has 1 amide bonds. The average Bonchev–Trinajstić information content (AvgIpc) is 2.63. The van der Waals surface area contributed by atoms with Gasteiger partial charge in [0.25, 0.3) is 5.91 Å². The van der Waals surface area contributed by atoms with E-state index in [9.17, 15) is 19.8 Å². The summed E-state index contributed by atoms with van der Waals surface area (Å²) >= 11 is 0. The minimum Gasteiger partial charge on any atom is -0.396 e. The average molecular weight is 358 g/mol. The number of hydrogen-bond acceptors (Lipinski definition) is 4. The molecular weight excluding hydrogens is 332 g/mol. The Kier molecular flexibility index (Phi) is 5.16. The third kappa shape index (κ3) is 3.27. The SMILES string of the molecule is CCC[C@]1(CO)CN(C(=O)c2cc(=O)[nH]c3ccc(C)cc23)CC[C@H]1O. The summed E-state index contributed by atoms with van der Waals surface area (Å²) in [5, 5.41) is 21.0.